The van der Waals surface area contributed by atoms with E-state index in [1.807, 2.05) is 0 Å². The minimum Gasteiger partial charge on any atom is -0.330 e. The average Bonchev–Trinajstić information content (AvgIpc) is 2.36. The molecule has 0 aliphatic rings. The molecular weight excluding hydrogens is 257 g/mol. The zero-order valence-corrected chi connectivity index (χ0v) is 10.7. The summed E-state index contributed by atoms with van der Waals surface area (Å²) in [6.45, 7) is 0.229. The highest BCUT2D eigenvalue weighted by Gasteiger charge is 2.34. The number of rotatable bonds is 5. The van der Waals surface area contributed by atoms with Crippen LogP contribution in [0.25, 0.3) is 0 Å². The summed E-state index contributed by atoms with van der Waals surface area (Å²) in [5.74, 6) is -1.20. The first-order valence-electron chi connectivity index (χ1n) is 5.93. The van der Waals surface area contributed by atoms with E-state index in [4.69, 9.17) is 5.73 Å². The van der Waals surface area contributed by atoms with Gasteiger partial charge in [-0.1, -0.05) is 37.3 Å². The van der Waals surface area contributed by atoms with Crippen molar-refractivity contribution < 1.29 is 18.0 Å². The summed E-state index contributed by atoms with van der Waals surface area (Å²) in [7, 11) is 0. The van der Waals surface area contributed by atoms with Crippen molar-refractivity contribution in [1.82, 2.24) is 4.90 Å². The summed E-state index contributed by atoms with van der Waals surface area (Å²) in [6, 6.07) is 8.57. The third-order valence-corrected chi connectivity index (χ3v) is 2.67. The second-order valence-corrected chi connectivity index (χ2v) is 4.43. The molecule has 1 unspecified atom stereocenters. The van der Waals surface area contributed by atoms with Gasteiger partial charge in [0.15, 0.2) is 0 Å². The van der Waals surface area contributed by atoms with Crippen molar-refractivity contribution in [3.63, 3.8) is 0 Å². The largest absolute Gasteiger partial charge is 0.406 e. The lowest BCUT2D eigenvalue weighted by molar-refractivity contribution is -0.164. The van der Waals surface area contributed by atoms with Gasteiger partial charge in [-0.05, 0) is 5.56 Å². The molecule has 1 rings (SSSR count). The number of benzene rings is 1. The Hall–Kier alpha value is -1.56. The zero-order chi connectivity index (χ0) is 14.5. The Kier molecular flexibility index (Phi) is 5.35. The van der Waals surface area contributed by atoms with Crippen LogP contribution in [-0.4, -0.2) is 30.1 Å². The van der Waals surface area contributed by atoms with E-state index in [9.17, 15) is 18.0 Å². The lowest BCUT2D eigenvalue weighted by Gasteiger charge is -2.26. The molecule has 1 amide bonds. The Balaban J connectivity index is 2.83. The molecule has 0 bridgehead atoms. The van der Waals surface area contributed by atoms with Crippen LogP contribution in [0.15, 0.2) is 30.3 Å². The maximum Gasteiger partial charge on any atom is 0.406 e. The highest BCUT2D eigenvalue weighted by Crippen LogP contribution is 2.19. The Bertz CT molecular complexity index is 406. The molecule has 3 nitrogen and oxygen atoms in total. The zero-order valence-electron chi connectivity index (χ0n) is 10.7. The van der Waals surface area contributed by atoms with Crippen molar-refractivity contribution in [3.8, 4) is 0 Å². The van der Waals surface area contributed by atoms with Crippen LogP contribution < -0.4 is 5.73 Å². The Morgan fingerprint density at radius 2 is 1.89 bits per heavy atom. The monoisotopic (exact) mass is 274 g/mol. The molecule has 0 spiro atoms. The number of nitrogens with zero attached hydrogens (tertiary/aromatic N) is 1. The average molecular weight is 274 g/mol. The molecule has 2 N–H and O–H groups in total. The van der Waals surface area contributed by atoms with Gasteiger partial charge in [0, 0.05) is 19.0 Å². The Morgan fingerprint density at radius 3 is 2.37 bits per heavy atom. The standard InChI is InChI=1S/C13H17F3N2O/c1-10(7-17)12(19)18(9-13(14,15)16)8-11-5-3-2-4-6-11/h2-6,10H,7-9,17H2,1H3. The van der Waals surface area contributed by atoms with Gasteiger partial charge in [-0.15, -0.1) is 0 Å². The summed E-state index contributed by atoms with van der Waals surface area (Å²) in [6.07, 6.45) is -4.42. The minimum absolute atomic E-state index is 0.0297. The fourth-order valence-electron chi connectivity index (χ4n) is 1.64. The second-order valence-electron chi connectivity index (χ2n) is 4.43. The van der Waals surface area contributed by atoms with Gasteiger partial charge in [-0.3, -0.25) is 4.79 Å². The molecule has 0 saturated heterocycles. The molecule has 1 aromatic rings. The molecule has 0 aliphatic carbocycles. The summed E-state index contributed by atoms with van der Waals surface area (Å²) in [5, 5.41) is 0. The van der Waals surface area contributed by atoms with Crippen molar-refractivity contribution in [3.05, 3.63) is 35.9 Å². The van der Waals surface area contributed by atoms with Crippen LogP contribution in [0.3, 0.4) is 0 Å². The number of hydrogen-bond acceptors (Lipinski definition) is 2. The molecule has 1 aromatic carbocycles. The summed E-state index contributed by atoms with van der Waals surface area (Å²) in [4.78, 5) is 12.7. The van der Waals surface area contributed by atoms with E-state index in [0.717, 1.165) is 4.90 Å². The first-order chi connectivity index (χ1) is 8.83. The predicted octanol–water partition coefficient (Wildman–Crippen LogP) is 2.17. The summed E-state index contributed by atoms with van der Waals surface area (Å²) >= 11 is 0. The summed E-state index contributed by atoms with van der Waals surface area (Å²) < 4.78 is 37.5. The van der Waals surface area contributed by atoms with Crippen molar-refractivity contribution in [2.24, 2.45) is 11.7 Å². The van der Waals surface area contributed by atoms with Crippen molar-refractivity contribution in [2.45, 2.75) is 19.6 Å². The van der Waals surface area contributed by atoms with Crippen LogP contribution in [0.2, 0.25) is 0 Å². The van der Waals surface area contributed by atoms with E-state index in [-0.39, 0.29) is 13.1 Å². The molecule has 106 valence electrons. The lowest BCUT2D eigenvalue weighted by Crippen LogP contribution is -2.42. The van der Waals surface area contributed by atoms with Crippen LogP contribution >= 0.6 is 0 Å². The Morgan fingerprint density at radius 1 is 1.32 bits per heavy atom. The minimum atomic E-state index is -4.42. The van der Waals surface area contributed by atoms with Crippen LogP contribution in [0.4, 0.5) is 13.2 Å². The van der Waals surface area contributed by atoms with E-state index in [1.165, 1.54) is 6.92 Å². The first-order valence-corrected chi connectivity index (χ1v) is 5.93. The van der Waals surface area contributed by atoms with Crippen molar-refractivity contribution in [1.29, 1.82) is 0 Å². The van der Waals surface area contributed by atoms with E-state index >= 15 is 0 Å². The van der Waals surface area contributed by atoms with Gasteiger partial charge in [-0.2, -0.15) is 13.2 Å². The van der Waals surface area contributed by atoms with E-state index in [1.54, 1.807) is 30.3 Å². The normalized spacial score (nSPS) is 13.1. The van der Waals surface area contributed by atoms with Gasteiger partial charge in [-0.25, -0.2) is 0 Å². The van der Waals surface area contributed by atoms with Crippen LogP contribution in [0.1, 0.15) is 12.5 Å². The molecule has 0 saturated carbocycles. The van der Waals surface area contributed by atoms with Gasteiger partial charge >= 0.3 is 6.18 Å². The lowest BCUT2D eigenvalue weighted by atomic mass is 10.1. The smallest absolute Gasteiger partial charge is 0.330 e. The van der Waals surface area contributed by atoms with Gasteiger partial charge < -0.3 is 10.6 Å². The van der Waals surface area contributed by atoms with E-state index in [2.05, 4.69) is 0 Å². The van der Waals surface area contributed by atoms with Crippen LogP contribution in [0, 0.1) is 5.92 Å². The Labute approximate surface area is 110 Å². The highest BCUT2D eigenvalue weighted by molar-refractivity contribution is 5.78. The van der Waals surface area contributed by atoms with Gasteiger partial charge in [0.1, 0.15) is 6.54 Å². The number of alkyl halides is 3. The molecule has 0 radical (unpaired) electrons. The fraction of sp³-hybridized carbons (Fsp3) is 0.462. The van der Waals surface area contributed by atoms with Gasteiger partial charge in [0.25, 0.3) is 0 Å². The second kappa shape index (κ2) is 6.56. The highest BCUT2D eigenvalue weighted by atomic mass is 19.4. The van der Waals surface area contributed by atoms with Gasteiger partial charge in [0.05, 0.1) is 0 Å². The number of carbonyl (C=O) groups is 1. The maximum atomic E-state index is 12.5. The number of amides is 1. The van der Waals surface area contributed by atoms with Crippen molar-refractivity contribution >= 4 is 5.91 Å². The fourth-order valence-corrected chi connectivity index (χ4v) is 1.64. The summed E-state index contributed by atoms with van der Waals surface area (Å²) in [5.41, 5.74) is 6.00. The maximum absolute atomic E-state index is 12.5. The number of hydrogen-bond donors (Lipinski definition) is 1. The third-order valence-electron chi connectivity index (χ3n) is 2.67. The van der Waals surface area contributed by atoms with Gasteiger partial charge in [0.2, 0.25) is 5.91 Å². The molecule has 0 fully saturated rings. The quantitative estimate of drug-likeness (QED) is 0.894. The van der Waals surface area contributed by atoms with E-state index < -0.39 is 24.5 Å². The number of carbonyl (C=O) groups excluding carboxylic acids is 1. The molecule has 0 aliphatic heterocycles. The third kappa shape index (κ3) is 5.30. The molecule has 6 heteroatoms. The predicted molar refractivity (Wildman–Crippen MR) is 66.1 cm³/mol. The van der Waals surface area contributed by atoms with E-state index in [0.29, 0.717) is 5.56 Å². The number of nitrogens with two attached hydrogens (primary N) is 1. The molecular formula is C13H17F3N2O. The molecule has 19 heavy (non-hydrogen) atoms. The van der Waals surface area contributed by atoms with Crippen LogP contribution in [-0.2, 0) is 11.3 Å². The molecule has 0 heterocycles. The number of halogens is 3. The topological polar surface area (TPSA) is 46.3 Å². The SMILES string of the molecule is CC(CN)C(=O)N(Cc1ccccc1)CC(F)(F)F. The molecule has 1 atom stereocenters. The van der Waals surface area contributed by atoms with Crippen LogP contribution in [0.5, 0.6) is 0 Å². The first kappa shape index (κ1) is 15.5. The molecule has 0 aromatic heterocycles. The van der Waals surface area contributed by atoms with Crippen molar-refractivity contribution in [2.75, 3.05) is 13.1 Å².